The molecule has 3 N–H and O–H groups in total. The van der Waals surface area contributed by atoms with Crippen LogP contribution >= 0.6 is 0 Å². The molecule has 110 valence electrons. The summed E-state index contributed by atoms with van der Waals surface area (Å²) in [7, 11) is 0. The lowest BCUT2D eigenvalue weighted by atomic mass is 10.1. The predicted octanol–water partition coefficient (Wildman–Crippen LogP) is 3.09. The summed E-state index contributed by atoms with van der Waals surface area (Å²) >= 11 is 0. The third-order valence-electron chi connectivity index (χ3n) is 3.29. The van der Waals surface area contributed by atoms with E-state index in [0.717, 1.165) is 5.56 Å². The molecule has 0 spiro atoms. The molecule has 0 saturated carbocycles. The van der Waals surface area contributed by atoms with Crippen LogP contribution in [0.2, 0.25) is 0 Å². The van der Waals surface area contributed by atoms with Crippen LogP contribution < -0.4 is 10.6 Å². The number of amides is 1. The van der Waals surface area contributed by atoms with Crippen LogP contribution in [0.5, 0.6) is 5.75 Å². The second-order valence-electron chi connectivity index (χ2n) is 4.76. The average molecular weight is 288 g/mol. The number of nitrogen functional groups attached to an aromatic ring is 1. The molecule has 0 saturated heterocycles. The molecule has 0 heterocycles. The van der Waals surface area contributed by atoms with Crippen LogP contribution in [0.1, 0.15) is 22.8 Å². The third-order valence-corrected chi connectivity index (χ3v) is 3.29. The van der Waals surface area contributed by atoms with Gasteiger partial charge in [-0.05, 0) is 43.7 Å². The van der Waals surface area contributed by atoms with Gasteiger partial charge in [0.05, 0.1) is 11.4 Å². The highest BCUT2D eigenvalue weighted by Crippen LogP contribution is 2.26. The number of phenols is 1. The Morgan fingerprint density at radius 3 is 2.62 bits per heavy atom. The van der Waals surface area contributed by atoms with Crippen LogP contribution in [0.15, 0.2) is 36.4 Å². The molecule has 2 rings (SSSR count). The Kier molecular flexibility index (Phi) is 4.12. The summed E-state index contributed by atoms with van der Waals surface area (Å²) in [5.41, 5.74) is 7.22. The minimum Gasteiger partial charge on any atom is -0.508 e. The van der Waals surface area contributed by atoms with E-state index in [0.29, 0.717) is 17.8 Å². The molecular weight excluding hydrogens is 271 g/mol. The number of rotatable bonds is 3. The van der Waals surface area contributed by atoms with Crippen molar-refractivity contribution in [3.63, 3.8) is 0 Å². The van der Waals surface area contributed by atoms with Crippen molar-refractivity contribution < 1.29 is 14.3 Å². The second kappa shape index (κ2) is 5.83. The first-order chi connectivity index (χ1) is 9.93. The Hall–Kier alpha value is -2.56. The average Bonchev–Trinajstić information content (AvgIpc) is 2.46. The van der Waals surface area contributed by atoms with Gasteiger partial charge in [-0.3, -0.25) is 4.79 Å². The zero-order chi connectivity index (χ0) is 15.6. The smallest absolute Gasteiger partial charge is 0.258 e. The lowest BCUT2D eigenvalue weighted by Crippen LogP contribution is -2.31. The molecule has 1 amide bonds. The third kappa shape index (κ3) is 2.97. The Morgan fingerprint density at radius 2 is 2.00 bits per heavy atom. The molecule has 0 bridgehead atoms. The monoisotopic (exact) mass is 288 g/mol. The van der Waals surface area contributed by atoms with Crippen LogP contribution in [-0.2, 0) is 0 Å². The highest BCUT2D eigenvalue weighted by atomic mass is 19.1. The zero-order valence-corrected chi connectivity index (χ0v) is 11.9. The van der Waals surface area contributed by atoms with E-state index in [1.54, 1.807) is 12.1 Å². The fourth-order valence-electron chi connectivity index (χ4n) is 2.14. The molecule has 0 atom stereocenters. The molecule has 0 aromatic heterocycles. The van der Waals surface area contributed by atoms with Gasteiger partial charge in [0.1, 0.15) is 11.6 Å². The quantitative estimate of drug-likeness (QED) is 0.853. The zero-order valence-electron chi connectivity index (χ0n) is 11.9. The number of carbonyl (C=O) groups excluding carboxylic acids is 1. The number of nitrogens with two attached hydrogens (primary N) is 1. The molecule has 4 nitrogen and oxygen atoms in total. The summed E-state index contributed by atoms with van der Waals surface area (Å²) in [5, 5.41) is 9.61. The molecule has 0 fully saturated rings. The van der Waals surface area contributed by atoms with E-state index in [-0.39, 0.29) is 17.3 Å². The lowest BCUT2D eigenvalue weighted by molar-refractivity contribution is 0.0988. The van der Waals surface area contributed by atoms with Crippen LogP contribution in [0.25, 0.3) is 0 Å². The number of aromatic hydroxyl groups is 1. The van der Waals surface area contributed by atoms with Gasteiger partial charge in [0.25, 0.3) is 5.91 Å². The van der Waals surface area contributed by atoms with Crippen LogP contribution in [0.3, 0.4) is 0 Å². The summed E-state index contributed by atoms with van der Waals surface area (Å²) in [6.45, 7) is 4.10. The number of phenolic OH excluding ortho intramolecular Hbond substituents is 1. The molecule has 21 heavy (non-hydrogen) atoms. The topological polar surface area (TPSA) is 66.6 Å². The number of aryl methyl sites for hydroxylation is 1. The molecule has 0 aliphatic carbocycles. The minimum atomic E-state index is -0.553. The molecule has 2 aromatic rings. The van der Waals surface area contributed by atoms with Crippen molar-refractivity contribution in [2.24, 2.45) is 0 Å². The normalized spacial score (nSPS) is 10.4. The van der Waals surface area contributed by atoms with E-state index < -0.39 is 5.82 Å². The van der Waals surface area contributed by atoms with Crippen molar-refractivity contribution in [3.8, 4) is 5.75 Å². The van der Waals surface area contributed by atoms with E-state index in [1.807, 2.05) is 13.8 Å². The Bertz CT molecular complexity index is 686. The Morgan fingerprint density at radius 1 is 1.29 bits per heavy atom. The van der Waals surface area contributed by atoms with Crippen molar-refractivity contribution >= 4 is 17.3 Å². The van der Waals surface area contributed by atoms with Gasteiger partial charge in [-0.1, -0.05) is 6.07 Å². The summed E-state index contributed by atoms with van der Waals surface area (Å²) in [6, 6.07) is 8.72. The van der Waals surface area contributed by atoms with E-state index in [9.17, 15) is 14.3 Å². The van der Waals surface area contributed by atoms with Crippen molar-refractivity contribution in [1.82, 2.24) is 0 Å². The van der Waals surface area contributed by atoms with Crippen molar-refractivity contribution in [3.05, 3.63) is 53.3 Å². The largest absolute Gasteiger partial charge is 0.508 e. The fraction of sp³-hybridized carbons (Fsp3) is 0.188. The number of anilines is 2. The van der Waals surface area contributed by atoms with Gasteiger partial charge in [0.2, 0.25) is 0 Å². The van der Waals surface area contributed by atoms with Crippen molar-refractivity contribution in [1.29, 1.82) is 0 Å². The maximum atomic E-state index is 13.2. The minimum absolute atomic E-state index is 0.0652. The van der Waals surface area contributed by atoms with E-state index in [1.165, 1.54) is 29.2 Å². The number of hydrogen-bond donors (Lipinski definition) is 2. The van der Waals surface area contributed by atoms with Crippen LogP contribution in [0, 0.1) is 12.7 Å². The van der Waals surface area contributed by atoms with Crippen LogP contribution in [0.4, 0.5) is 15.8 Å². The summed E-state index contributed by atoms with van der Waals surface area (Å²) in [6.07, 6.45) is 0. The van der Waals surface area contributed by atoms with E-state index >= 15 is 0 Å². The Balaban J connectivity index is 2.43. The van der Waals surface area contributed by atoms with Crippen molar-refractivity contribution in [2.45, 2.75) is 13.8 Å². The number of benzene rings is 2. The maximum Gasteiger partial charge on any atom is 0.258 e. The first kappa shape index (κ1) is 14.8. The Labute approximate surface area is 122 Å². The molecule has 0 radical (unpaired) electrons. The molecule has 2 aromatic carbocycles. The maximum absolute atomic E-state index is 13.2. The summed E-state index contributed by atoms with van der Waals surface area (Å²) < 4.78 is 13.2. The van der Waals surface area contributed by atoms with Gasteiger partial charge >= 0.3 is 0 Å². The van der Waals surface area contributed by atoms with E-state index in [2.05, 4.69) is 0 Å². The summed E-state index contributed by atoms with van der Waals surface area (Å²) in [4.78, 5) is 14.1. The molecule has 0 aliphatic heterocycles. The van der Waals surface area contributed by atoms with E-state index in [4.69, 9.17) is 5.73 Å². The van der Waals surface area contributed by atoms with Gasteiger partial charge < -0.3 is 15.7 Å². The first-order valence-electron chi connectivity index (χ1n) is 6.60. The highest BCUT2D eigenvalue weighted by Gasteiger charge is 2.19. The van der Waals surface area contributed by atoms with Gasteiger partial charge in [0, 0.05) is 18.2 Å². The summed E-state index contributed by atoms with van der Waals surface area (Å²) in [5.74, 6) is -0.762. The van der Waals surface area contributed by atoms with Gasteiger partial charge in [-0.2, -0.15) is 0 Å². The standard InChI is InChI=1S/C16H17FN2O2/c1-3-19(15-9-12(20)6-4-10(15)2)16(21)11-5-7-13(17)14(18)8-11/h4-9,20H,3,18H2,1-2H3. The SMILES string of the molecule is CCN(C(=O)c1ccc(F)c(N)c1)c1cc(O)ccc1C. The number of hydrogen-bond acceptors (Lipinski definition) is 3. The molecule has 0 aliphatic rings. The van der Waals surface area contributed by atoms with Crippen LogP contribution in [-0.4, -0.2) is 17.6 Å². The lowest BCUT2D eigenvalue weighted by Gasteiger charge is -2.23. The molecule has 5 heteroatoms. The van der Waals surface area contributed by atoms with Gasteiger partial charge in [0.15, 0.2) is 0 Å². The fourth-order valence-corrected chi connectivity index (χ4v) is 2.14. The number of carbonyl (C=O) groups is 1. The first-order valence-corrected chi connectivity index (χ1v) is 6.60. The molecule has 0 unspecified atom stereocenters. The highest BCUT2D eigenvalue weighted by molar-refractivity contribution is 6.07. The number of nitrogens with zero attached hydrogens (tertiary/aromatic N) is 1. The van der Waals surface area contributed by atoms with Gasteiger partial charge in [-0.25, -0.2) is 4.39 Å². The van der Waals surface area contributed by atoms with Gasteiger partial charge in [-0.15, -0.1) is 0 Å². The second-order valence-corrected chi connectivity index (χ2v) is 4.76. The molecular formula is C16H17FN2O2. The number of halogens is 1. The predicted molar refractivity (Wildman–Crippen MR) is 81.0 cm³/mol. The van der Waals surface area contributed by atoms with Crippen molar-refractivity contribution in [2.75, 3.05) is 17.2 Å².